The molecule has 3 N–H and O–H groups in total. The van der Waals surface area contributed by atoms with Crippen LogP contribution in [-0.4, -0.2) is 19.6 Å². The van der Waals surface area contributed by atoms with Crippen LogP contribution in [-0.2, 0) is 6.54 Å². The van der Waals surface area contributed by atoms with Gasteiger partial charge in [0, 0.05) is 12.1 Å². The average molecular weight is 272 g/mol. The fourth-order valence-electron chi connectivity index (χ4n) is 2.25. The van der Waals surface area contributed by atoms with E-state index in [1.807, 2.05) is 24.3 Å². The lowest BCUT2D eigenvalue weighted by Gasteiger charge is -2.35. The molecule has 0 radical (unpaired) electrons. The molecule has 2 rings (SSSR count). The minimum atomic E-state index is -0.245. The second-order valence-electron chi connectivity index (χ2n) is 5.11. The summed E-state index contributed by atoms with van der Waals surface area (Å²) in [5.74, 6) is 1.17. The van der Waals surface area contributed by atoms with Gasteiger partial charge in [0.15, 0.2) is 5.96 Å². The molecule has 1 aromatic rings. The number of hydrogen-bond acceptors (Lipinski definition) is 3. The zero-order valence-electron chi connectivity index (χ0n) is 11.7. The number of nitriles is 1. The number of aliphatic imine (C=N–C) groups is 1. The van der Waals surface area contributed by atoms with Gasteiger partial charge in [-0.3, -0.25) is 0 Å². The SMILES string of the molecule is COc1ccccc1CN=C(N)NCC1(C#N)CCC1. The summed E-state index contributed by atoms with van der Waals surface area (Å²) in [7, 11) is 1.64. The molecule has 0 aliphatic heterocycles. The molecule has 5 nitrogen and oxygen atoms in total. The molecule has 5 heteroatoms. The molecule has 0 atom stereocenters. The van der Waals surface area contributed by atoms with E-state index in [2.05, 4.69) is 16.4 Å². The predicted octanol–water partition coefficient (Wildman–Crippen LogP) is 1.79. The molecule has 20 heavy (non-hydrogen) atoms. The van der Waals surface area contributed by atoms with Gasteiger partial charge in [-0.15, -0.1) is 0 Å². The highest BCUT2D eigenvalue weighted by Crippen LogP contribution is 2.39. The van der Waals surface area contributed by atoms with Crippen molar-refractivity contribution in [3.8, 4) is 11.8 Å². The molecule has 106 valence electrons. The summed E-state index contributed by atoms with van der Waals surface area (Å²) in [6.45, 7) is 1.03. The van der Waals surface area contributed by atoms with Crippen LogP contribution in [0.15, 0.2) is 29.3 Å². The van der Waals surface area contributed by atoms with E-state index < -0.39 is 0 Å². The maximum atomic E-state index is 9.14. The number of benzene rings is 1. The second-order valence-corrected chi connectivity index (χ2v) is 5.11. The third kappa shape index (κ3) is 3.21. The standard InChI is InChI=1S/C15H20N4O/c1-20-13-6-3-2-5-12(13)9-18-14(17)19-11-15(10-16)7-4-8-15/h2-3,5-6H,4,7-9,11H2,1H3,(H3,17,18,19). The molecule has 1 aliphatic rings. The summed E-state index contributed by atoms with van der Waals surface area (Å²) < 4.78 is 5.26. The van der Waals surface area contributed by atoms with Crippen molar-refractivity contribution >= 4 is 5.96 Å². The monoisotopic (exact) mass is 272 g/mol. The Morgan fingerprint density at radius 1 is 1.50 bits per heavy atom. The Labute approximate surface area is 119 Å². The molecule has 1 fully saturated rings. The van der Waals surface area contributed by atoms with Crippen LogP contribution in [0.4, 0.5) is 0 Å². The number of nitrogens with one attached hydrogen (secondary N) is 1. The Kier molecular flexibility index (Phi) is 4.46. The zero-order valence-corrected chi connectivity index (χ0v) is 11.7. The zero-order chi connectivity index (χ0) is 14.4. The van der Waals surface area contributed by atoms with Crippen LogP contribution in [0.5, 0.6) is 5.75 Å². The van der Waals surface area contributed by atoms with E-state index in [0.717, 1.165) is 30.6 Å². The Hall–Kier alpha value is -2.22. The Morgan fingerprint density at radius 3 is 2.85 bits per heavy atom. The molecule has 0 saturated heterocycles. The number of nitrogens with two attached hydrogens (primary N) is 1. The van der Waals surface area contributed by atoms with Crippen LogP contribution in [0.25, 0.3) is 0 Å². The van der Waals surface area contributed by atoms with Gasteiger partial charge >= 0.3 is 0 Å². The third-order valence-corrected chi connectivity index (χ3v) is 3.77. The average Bonchev–Trinajstić information content (AvgIpc) is 2.44. The molecule has 1 saturated carbocycles. The van der Waals surface area contributed by atoms with E-state index in [9.17, 15) is 0 Å². The minimum Gasteiger partial charge on any atom is -0.496 e. The number of hydrogen-bond donors (Lipinski definition) is 2. The lowest BCUT2D eigenvalue weighted by atomic mass is 9.70. The molecule has 0 spiro atoms. The van der Waals surface area contributed by atoms with Gasteiger partial charge in [0.2, 0.25) is 0 Å². The summed E-state index contributed by atoms with van der Waals surface area (Å²) in [4.78, 5) is 4.29. The molecule has 1 aromatic carbocycles. The van der Waals surface area contributed by atoms with Gasteiger partial charge < -0.3 is 15.8 Å². The van der Waals surface area contributed by atoms with Crippen molar-refractivity contribution in [1.82, 2.24) is 5.32 Å². The Morgan fingerprint density at radius 2 is 2.25 bits per heavy atom. The summed E-state index contributed by atoms with van der Waals surface area (Å²) in [6.07, 6.45) is 3.00. The lowest BCUT2D eigenvalue weighted by Crippen LogP contribution is -2.43. The van der Waals surface area contributed by atoms with Gasteiger partial charge in [0.05, 0.1) is 25.1 Å². The molecular formula is C15H20N4O. The van der Waals surface area contributed by atoms with E-state index in [1.54, 1.807) is 7.11 Å². The summed E-state index contributed by atoms with van der Waals surface area (Å²) in [5, 5.41) is 12.2. The fraction of sp³-hybridized carbons (Fsp3) is 0.467. The summed E-state index contributed by atoms with van der Waals surface area (Å²) in [5.41, 5.74) is 6.58. The molecular weight excluding hydrogens is 252 g/mol. The number of guanidine groups is 1. The quantitative estimate of drug-likeness (QED) is 0.632. The molecule has 0 bridgehead atoms. The van der Waals surface area contributed by atoms with Gasteiger partial charge in [-0.2, -0.15) is 5.26 Å². The van der Waals surface area contributed by atoms with Crippen LogP contribution in [0.1, 0.15) is 24.8 Å². The smallest absolute Gasteiger partial charge is 0.188 e. The number of nitrogens with zero attached hydrogens (tertiary/aromatic N) is 2. The van der Waals surface area contributed by atoms with E-state index in [0.29, 0.717) is 19.0 Å². The first-order valence-corrected chi connectivity index (χ1v) is 6.76. The van der Waals surface area contributed by atoms with Crippen LogP contribution < -0.4 is 15.8 Å². The summed E-state index contributed by atoms with van der Waals surface area (Å²) in [6, 6.07) is 10.1. The van der Waals surface area contributed by atoms with Crippen molar-refractivity contribution in [2.75, 3.05) is 13.7 Å². The van der Waals surface area contributed by atoms with Crippen molar-refractivity contribution in [2.45, 2.75) is 25.8 Å². The normalized spacial score (nSPS) is 16.9. The first-order valence-electron chi connectivity index (χ1n) is 6.76. The summed E-state index contributed by atoms with van der Waals surface area (Å²) >= 11 is 0. The second kappa shape index (κ2) is 6.29. The van der Waals surface area contributed by atoms with Gasteiger partial charge in [0.1, 0.15) is 5.75 Å². The van der Waals surface area contributed by atoms with Crippen LogP contribution in [0.3, 0.4) is 0 Å². The van der Waals surface area contributed by atoms with Crippen molar-refractivity contribution in [2.24, 2.45) is 16.1 Å². The molecule has 0 heterocycles. The number of ether oxygens (including phenoxy) is 1. The first-order chi connectivity index (χ1) is 9.69. The van der Waals surface area contributed by atoms with E-state index in [4.69, 9.17) is 15.7 Å². The highest BCUT2D eigenvalue weighted by Gasteiger charge is 2.36. The maximum absolute atomic E-state index is 9.14. The molecule has 0 aromatic heterocycles. The van der Waals surface area contributed by atoms with Crippen LogP contribution in [0.2, 0.25) is 0 Å². The van der Waals surface area contributed by atoms with E-state index in [-0.39, 0.29) is 5.41 Å². The van der Waals surface area contributed by atoms with E-state index in [1.165, 1.54) is 0 Å². The highest BCUT2D eigenvalue weighted by molar-refractivity contribution is 5.78. The largest absolute Gasteiger partial charge is 0.496 e. The van der Waals surface area contributed by atoms with Gasteiger partial charge in [0.25, 0.3) is 0 Å². The maximum Gasteiger partial charge on any atom is 0.188 e. The lowest BCUT2D eigenvalue weighted by molar-refractivity contribution is 0.217. The Balaban J connectivity index is 1.89. The molecule has 0 unspecified atom stereocenters. The fourth-order valence-corrected chi connectivity index (χ4v) is 2.25. The van der Waals surface area contributed by atoms with Crippen molar-refractivity contribution in [3.63, 3.8) is 0 Å². The van der Waals surface area contributed by atoms with Gasteiger partial charge in [-0.1, -0.05) is 24.6 Å². The van der Waals surface area contributed by atoms with Crippen molar-refractivity contribution in [1.29, 1.82) is 5.26 Å². The van der Waals surface area contributed by atoms with Gasteiger partial charge in [-0.05, 0) is 18.9 Å². The molecule has 0 amide bonds. The topological polar surface area (TPSA) is 83.4 Å². The number of para-hydroxylation sites is 1. The van der Waals surface area contributed by atoms with E-state index >= 15 is 0 Å². The highest BCUT2D eigenvalue weighted by atomic mass is 16.5. The minimum absolute atomic E-state index is 0.245. The van der Waals surface area contributed by atoms with Crippen LogP contribution >= 0.6 is 0 Å². The van der Waals surface area contributed by atoms with Gasteiger partial charge in [-0.25, -0.2) is 4.99 Å². The van der Waals surface area contributed by atoms with Crippen molar-refractivity contribution < 1.29 is 4.74 Å². The third-order valence-electron chi connectivity index (χ3n) is 3.77. The first kappa shape index (κ1) is 14.2. The van der Waals surface area contributed by atoms with Crippen LogP contribution in [0, 0.1) is 16.7 Å². The van der Waals surface area contributed by atoms with Crippen molar-refractivity contribution in [3.05, 3.63) is 29.8 Å². The number of methoxy groups -OCH3 is 1. The number of rotatable bonds is 5. The Bertz CT molecular complexity index is 529. The molecule has 1 aliphatic carbocycles. The predicted molar refractivity (Wildman–Crippen MR) is 78.2 cm³/mol.